The maximum absolute atomic E-state index is 10.7. The van der Waals surface area contributed by atoms with Crippen LogP contribution in [0, 0.1) is 0 Å². The Balaban J connectivity index is 2.11. The molecule has 6 heteroatoms. The van der Waals surface area contributed by atoms with Gasteiger partial charge in [-0.3, -0.25) is 4.79 Å². The molecule has 0 saturated heterocycles. The number of carbonyl (C=O) groups is 1. The molecule has 0 atom stereocenters. The second-order valence-corrected chi connectivity index (χ2v) is 5.33. The van der Waals surface area contributed by atoms with Crippen LogP contribution in [0.3, 0.4) is 0 Å². The molecular formula is C13H15N3O2S. The molecule has 2 rings (SSSR count). The summed E-state index contributed by atoms with van der Waals surface area (Å²) in [6.07, 6.45) is 0. The van der Waals surface area contributed by atoms with Crippen LogP contribution >= 0.6 is 11.8 Å². The van der Waals surface area contributed by atoms with Gasteiger partial charge in [0, 0.05) is 5.56 Å². The minimum atomic E-state index is -0.411. The van der Waals surface area contributed by atoms with Gasteiger partial charge in [-0.05, 0) is 23.6 Å². The van der Waals surface area contributed by atoms with Crippen LogP contribution in [-0.4, -0.2) is 21.9 Å². The third-order valence-electron chi connectivity index (χ3n) is 2.57. The van der Waals surface area contributed by atoms with Gasteiger partial charge in [0.05, 0.1) is 5.75 Å². The van der Waals surface area contributed by atoms with Gasteiger partial charge in [0.15, 0.2) is 0 Å². The Morgan fingerprint density at radius 3 is 2.58 bits per heavy atom. The first kappa shape index (κ1) is 13.6. The quantitative estimate of drug-likeness (QED) is 0.849. The zero-order valence-corrected chi connectivity index (χ0v) is 11.6. The molecule has 0 unspecified atom stereocenters. The average Bonchev–Trinajstić information content (AvgIpc) is 2.85. The number of thioether (sulfide) groups is 1. The van der Waals surface area contributed by atoms with Gasteiger partial charge in [0.2, 0.25) is 11.8 Å². The predicted molar refractivity (Wildman–Crippen MR) is 73.7 cm³/mol. The fourth-order valence-corrected chi connectivity index (χ4v) is 2.03. The highest BCUT2D eigenvalue weighted by Crippen LogP contribution is 2.24. The van der Waals surface area contributed by atoms with Crippen LogP contribution in [-0.2, 0) is 4.79 Å². The van der Waals surface area contributed by atoms with Gasteiger partial charge in [-0.25, -0.2) is 0 Å². The molecule has 2 aromatic rings. The number of aromatic nitrogens is 2. The molecule has 0 aliphatic rings. The normalized spacial score (nSPS) is 10.9. The summed E-state index contributed by atoms with van der Waals surface area (Å²) in [4.78, 5) is 10.7. The number of hydrogen-bond donors (Lipinski definition) is 1. The van der Waals surface area contributed by atoms with Gasteiger partial charge in [-0.15, -0.1) is 10.2 Å². The lowest BCUT2D eigenvalue weighted by Crippen LogP contribution is -2.12. The molecule has 5 nitrogen and oxygen atoms in total. The first-order valence-electron chi connectivity index (χ1n) is 5.91. The molecule has 100 valence electrons. The summed E-state index contributed by atoms with van der Waals surface area (Å²) >= 11 is 1.14. The van der Waals surface area contributed by atoms with Crippen molar-refractivity contribution < 1.29 is 9.21 Å². The number of amides is 1. The maximum Gasteiger partial charge on any atom is 0.277 e. The predicted octanol–water partition coefficient (Wildman–Crippen LogP) is 2.44. The lowest BCUT2D eigenvalue weighted by atomic mass is 10.0. The van der Waals surface area contributed by atoms with Gasteiger partial charge in [0.1, 0.15) is 0 Å². The van der Waals surface area contributed by atoms with Crippen LogP contribution in [0.2, 0.25) is 0 Å². The summed E-state index contributed by atoms with van der Waals surface area (Å²) in [6, 6.07) is 7.98. The fraction of sp³-hybridized carbons (Fsp3) is 0.308. The molecule has 0 saturated carbocycles. The zero-order chi connectivity index (χ0) is 13.8. The van der Waals surface area contributed by atoms with E-state index in [-0.39, 0.29) is 5.75 Å². The Bertz CT molecular complexity index is 564. The monoisotopic (exact) mass is 277 g/mol. The number of primary amides is 1. The molecule has 0 spiro atoms. The van der Waals surface area contributed by atoms with Crippen molar-refractivity contribution in [3.8, 4) is 11.5 Å². The van der Waals surface area contributed by atoms with Crippen molar-refractivity contribution in [2.24, 2.45) is 5.73 Å². The number of rotatable bonds is 5. The van der Waals surface area contributed by atoms with Crippen molar-refractivity contribution in [3.05, 3.63) is 29.8 Å². The second kappa shape index (κ2) is 5.88. The summed E-state index contributed by atoms with van der Waals surface area (Å²) < 4.78 is 5.45. The highest BCUT2D eigenvalue weighted by Gasteiger charge is 2.10. The summed E-state index contributed by atoms with van der Waals surface area (Å²) in [6.45, 7) is 4.28. The van der Waals surface area contributed by atoms with Gasteiger partial charge >= 0.3 is 0 Å². The molecule has 1 heterocycles. The largest absolute Gasteiger partial charge is 0.411 e. The second-order valence-electron chi connectivity index (χ2n) is 4.40. The first-order chi connectivity index (χ1) is 9.06. The summed E-state index contributed by atoms with van der Waals surface area (Å²) in [5.74, 6) is 0.653. The van der Waals surface area contributed by atoms with E-state index >= 15 is 0 Å². The van der Waals surface area contributed by atoms with E-state index in [0.29, 0.717) is 17.0 Å². The van der Waals surface area contributed by atoms with E-state index < -0.39 is 5.91 Å². The van der Waals surface area contributed by atoms with E-state index in [4.69, 9.17) is 10.2 Å². The van der Waals surface area contributed by atoms with Gasteiger partial charge < -0.3 is 10.2 Å². The maximum atomic E-state index is 10.7. The highest BCUT2D eigenvalue weighted by molar-refractivity contribution is 7.99. The molecule has 1 aromatic carbocycles. The van der Waals surface area contributed by atoms with Gasteiger partial charge in [0.25, 0.3) is 5.22 Å². The summed E-state index contributed by atoms with van der Waals surface area (Å²) in [7, 11) is 0. The van der Waals surface area contributed by atoms with E-state index in [0.717, 1.165) is 17.3 Å². The van der Waals surface area contributed by atoms with Crippen LogP contribution in [0.4, 0.5) is 0 Å². The van der Waals surface area contributed by atoms with Crippen molar-refractivity contribution in [3.63, 3.8) is 0 Å². The molecule has 0 fully saturated rings. The number of benzene rings is 1. The lowest BCUT2D eigenvalue weighted by molar-refractivity contribution is -0.115. The molecule has 2 N–H and O–H groups in total. The Labute approximate surface area is 115 Å². The van der Waals surface area contributed by atoms with Crippen LogP contribution in [0.15, 0.2) is 33.9 Å². The Morgan fingerprint density at radius 1 is 1.32 bits per heavy atom. The van der Waals surface area contributed by atoms with Crippen LogP contribution in [0.1, 0.15) is 25.3 Å². The minimum absolute atomic E-state index is 0.133. The number of hydrogen-bond acceptors (Lipinski definition) is 5. The Kier molecular flexibility index (Phi) is 4.21. The third-order valence-corrected chi connectivity index (χ3v) is 3.41. The molecule has 0 radical (unpaired) electrons. The number of nitrogens with two attached hydrogens (primary N) is 1. The van der Waals surface area contributed by atoms with Crippen molar-refractivity contribution in [1.82, 2.24) is 10.2 Å². The zero-order valence-electron chi connectivity index (χ0n) is 10.8. The van der Waals surface area contributed by atoms with E-state index in [1.807, 2.05) is 24.3 Å². The van der Waals surface area contributed by atoms with E-state index in [1.165, 1.54) is 5.56 Å². The molecule has 19 heavy (non-hydrogen) atoms. The number of nitrogens with zero attached hydrogens (tertiary/aromatic N) is 2. The van der Waals surface area contributed by atoms with Gasteiger partial charge in [-0.2, -0.15) is 0 Å². The van der Waals surface area contributed by atoms with Crippen molar-refractivity contribution >= 4 is 17.7 Å². The van der Waals surface area contributed by atoms with Gasteiger partial charge in [-0.1, -0.05) is 37.7 Å². The molecule has 0 bridgehead atoms. The van der Waals surface area contributed by atoms with E-state index in [1.54, 1.807) is 0 Å². The van der Waals surface area contributed by atoms with Crippen molar-refractivity contribution in [2.75, 3.05) is 5.75 Å². The molecule has 0 aliphatic heterocycles. The van der Waals surface area contributed by atoms with Crippen LogP contribution < -0.4 is 5.73 Å². The van der Waals surface area contributed by atoms with Crippen LogP contribution in [0.25, 0.3) is 11.5 Å². The van der Waals surface area contributed by atoms with E-state index in [2.05, 4.69) is 24.0 Å². The lowest BCUT2D eigenvalue weighted by Gasteiger charge is -2.04. The standard InChI is InChI=1S/C13H15N3O2S/c1-8(2)9-3-5-10(6-4-9)12-15-16-13(18-12)19-7-11(14)17/h3-6,8H,7H2,1-2H3,(H2,14,17). The topological polar surface area (TPSA) is 82.0 Å². The van der Waals surface area contributed by atoms with Crippen molar-refractivity contribution in [1.29, 1.82) is 0 Å². The fourth-order valence-electron chi connectivity index (χ4n) is 1.53. The molecule has 1 aromatic heterocycles. The van der Waals surface area contributed by atoms with E-state index in [9.17, 15) is 4.79 Å². The van der Waals surface area contributed by atoms with Crippen LogP contribution in [0.5, 0.6) is 0 Å². The smallest absolute Gasteiger partial charge is 0.277 e. The molecule has 0 aliphatic carbocycles. The molecular weight excluding hydrogens is 262 g/mol. The minimum Gasteiger partial charge on any atom is -0.411 e. The van der Waals surface area contributed by atoms with Crippen molar-refractivity contribution in [2.45, 2.75) is 25.0 Å². The third kappa shape index (κ3) is 3.57. The SMILES string of the molecule is CC(C)c1ccc(-c2nnc(SCC(N)=O)o2)cc1. The Morgan fingerprint density at radius 2 is 2.00 bits per heavy atom. The molecule has 1 amide bonds. The number of carbonyl (C=O) groups excluding carboxylic acids is 1. The average molecular weight is 277 g/mol. The highest BCUT2D eigenvalue weighted by atomic mass is 32.2. The summed E-state index contributed by atoms with van der Waals surface area (Å²) in [5.41, 5.74) is 7.17. The first-order valence-corrected chi connectivity index (χ1v) is 6.89. The summed E-state index contributed by atoms with van der Waals surface area (Å²) in [5, 5.41) is 8.16. The Hall–Kier alpha value is -1.82.